The zero-order chi connectivity index (χ0) is 29.6. The van der Waals surface area contributed by atoms with Crippen molar-refractivity contribution in [3.63, 3.8) is 0 Å². The van der Waals surface area contributed by atoms with Crippen molar-refractivity contribution in [2.24, 2.45) is 0 Å². The van der Waals surface area contributed by atoms with Crippen LogP contribution in [0.4, 0.5) is 0 Å². The molecule has 0 bridgehead atoms. The normalized spacial score (nSPS) is 15.2. The van der Waals surface area contributed by atoms with Gasteiger partial charge in [-0.1, -0.05) is 158 Å². The van der Waals surface area contributed by atoms with Crippen LogP contribution in [-0.4, -0.2) is 8.07 Å². The zero-order valence-corrected chi connectivity index (χ0v) is 25.6. The Balaban J connectivity index is 1.43. The summed E-state index contributed by atoms with van der Waals surface area (Å²) in [5, 5.41) is 5.66. The minimum Gasteiger partial charge on any atom is -0.456 e. The van der Waals surface area contributed by atoms with Gasteiger partial charge >= 0.3 is 0 Å². The Kier molecular flexibility index (Phi) is 5.01. The Bertz CT molecular complexity index is 2030. The second kappa shape index (κ2) is 9.04. The molecule has 0 saturated heterocycles. The lowest BCUT2D eigenvalue weighted by Crippen LogP contribution is -2.72. The van der Waals surface area contributed by atoms with Gasteiger partial charge in [-0.15, -0.1) is 0 Å². The van der Waals surface area contributed by atoms with Crippen LogP contribution in [0, 0.1) is 0 Å². The van der Waals surface area contributed by atoms with Crippen LogP contribution in [0.5, 0.6) is 11.5 Å². The van der Waals surface area contributed by atoms with Crippen molar-refractivity contribution in [1.29, 1.82) is 0 Å². The first-order valence-electron chi connectivity index (χ1n) is 15.7. The highest BCUT2D eigenvalue weighted by Crippen LogP contribution is 2.63. The fourth-order valence-electron chi connectivity index (χ4n) is 8.86. The Morgan fingerprint density at radius 3 is 1.44 bits per heavy atom. The molecule has 0 aromatic heterocycles. The average Bonchev–Trinajstić information content (AvgIpc) is 3.53. The summed E-state index contributed by atoms with van der Waals surface area (Å²) in [6.07, 6.45) is 0. The van der Waals surface area contributed by atoms with Gasteiger partial charge in [0.05, 0.1) is 5.41 Å². The molecule has 2 heterocycles. The van der Waals surface area contributed by atoms with Gasteiger partial charge in [-0.3, -0.25) is 0 Å². The molecule has 7 aromatic carbocycles. The summed E-state index contributed by atoms with van der Waals surface area (Å²) in [5.74, 6) is 1.89. The van der Waals surface area contributed by atoms with Crippen LogP contribution in [-0.2, 0) is 5.41 Å². The second-order valence-electron chi connectivity index (χ2n) is 12.3. The van der Waals surface area contributed by atoms with E-state index in [-0.39, 0.29) is 0 Å². The smallest absolute Gasteiger partial charge is 0.181 e. The molecule has 0 radical (unpaired) electrons. The van der Waals surface area contributed by atoms with E-state index in [9.17, 15) is 0 Å². The maximum Gasteiger partial charge on any atom is 0.181 e. The third-order valence-electron chi connectivity index (χ3n) is 10.4. The highest BCUT2D eigenvalue weighted by molar-refractivity contribution is 7.22. The van der Waals surface area contributed by atoms with E-state index in [1.54, 1.807) is 0 Å². The summed E-state index contributed by atoms with van der Waals surface area (Å²) < 4.78 is 7.07. The molecule has 3 aliphatic rings. The number of benzene rings is 7. The molecule has 10 rings (SSSR count). The van der Waals surface area contributed by atoms with Crippen LogP contribution < -0.4 is 25.5 Å². The van der Waals surface area contributed by atoms with E-state index in [0.29, 0.717) is 0 Å². The van der Waals surface area contributed by atoms with Crippen LogP contribution >= 0.6 is 0 Å². The summed E-state index contributed by atoms with van der Waals surface area (Å²) in [4.78, 5) is 0. The van der Waals surface area contributed by atoms with Crippen molar-refractivity contribution in [2.45, 2.75) is 5.41 Å². The molecule has 2 heteroatoms. The molecule has 210 valence electrons. The average molecular weight is 589 g/mol. The van der Waals surface area contributed by atoms with Crippen molar-refractivity contribution in [1.82, 2.24) is 0 Å². The molecular weight excluding hydrogens is 561 g/mol. The second-order valence-corrected chi connectivity index (χ2v) is 16.1. The van der Waals surface area contributed by atoms with Gasteiger partial charge in [0.1, 0.15) is 11.5 Å². The standard InChI is InChI=1S/C43H28OSi/c1-5-15-29(16-6-1)43(30-17-7-2-8-18-30)33-23-13-24-35-39(33)40-34(43)27-28-38-42(40)41-36(44-35)25-14-26-37(41)45(38,31-19-9-3-10-20-31)32-21-11-4-12-22-32/h1-28H. The minimum atomic E-state index is -2.68. The third-order valence-corrected chi connectivity index (χ3v) is 15.3. The molecule has 0 amide bonds. The maximum absolute atomic E-state index is 7.07. The van der Waals surface area contributed by atoms with Crippen molar-refractivity contribution >= 4 is 28.8 Å². The summed E-state index contributed by atoms with van der Waals surface area (Å²) >= 11 is 0. The Labute approximate surface area is 264 Å². The van der Waals surface area contributed by atoms with E-state index in [4.69, 9.17) is 4.74 Å². The molecule has 0 unspecified atom stereocenters. The van der Waals surface area contributed by atoms with E-state index >= 15 is 0 Å². The monoisotopic (exact) mass is 588 g/mol. The van der Waals surface area contributed by atoms with Gasteiger partial charge in [0, 0.05) is 11.1 Å². The summed E-state index contributed by atoms with van der Waals surface area (Å²) in [6, 6.07) is 63.0. The highest BCUT2D eigenvalue weighted by atomic mass is 28.3. The fraction of sp³-hybridized carbons (Fsp3) is 0.0233. The molecule has 0 N–H and O–H groups in total. The van der Waals surface area contributed by atoms with Gasteiger partial charge in [0.15, 0.2) is 8.07 Å². The molecule has 1 aliphatic carbocycles. The predicted molar refractivity (Wildman–Crippen MR) is 186 cm³/mol. The van der Waals surface area contributed by atoms with Gasteiger partial charge < -0.3 is 4.74 Å². The van der Waals surface area contributed by atoms with E-state index in [0.717, 1.165) is 11.5 Å². The first-order valence-corrected chi connectivity index (χ1v) is 17.7. The molecule has 0 fully saturated rings. The molecule has 0 spiro atoms. The topological polar surface area (TPSA) is 9.23 Å². The Morgan fingerprint density at radius 2 is 0.844 bits per heavy atom. The third kappa shape index (κ3) is 2.98. The van der Waals surface area contributed by atoms with Crippen LogP contribution in [0.2, 0.25) is 0 Å². The lowest BCUT2D eigenvalue weighted by molar-refractivity contribution is 0.487. The zero-order valence-electron chi connectivity index (χ0n) is 24.6. The van der Waals surface area contributed by atoms with Crippen molar-refractivity contribution in [2.75, 3.05) is 0 Å². The highest BCUT2D eigenvalue weighted by Gasteiger charge is 2.55. The number of hydrogen-bond donors (Lipinski definition) is 0. The Morgan fingerprint density at radius 1 is 0.356 bits per heavy atom. The van der Waals surface area contributed by atoms with E-state index in [2.05, 4.69) is 170 Å². The lowest BCUT2D eigenvalue weighted by atomic mass is 9.67. The van der Waals surface area contributed by atoms with Gasteiger partial charge in [-0.05, 0) is 66.3 Å². The first kappa shape index (κ1) is 24.9. The van der Waals surface area contributed by atoms with E-state index < -0.39 is 13.5 Å². The lowest BCUT2D eigenvalue weighted by Gasteiger charge is -2.34. The van der Waals surface area contributed by atoms with Gasteiger partial charge in [0.25, 0.3) is 0 Å². The van der Waals surface area contributed by atoms with Crippen molar-refractivity contribution in [3.05, 3.63) is 192 Å². The van der Waals surface area contributed by atoms with E-state index in [1.165, 1.54) is 65.3 Å². The summed E-state index contributed by atoms with van der Waals surface area (Å²) in [6.45, 7) is 0. The molecule has 7 aromatic rings. The maximum atomic E-state index is 7.07. The molecule has 45 heavy (non-hydrogen) atoms. The van der Waals surface area contributed by atoms with Gasteiger partial charge in [-0.25, -0.2) is 0 Å². The molecule has 0 saturated carbocycles. The van der Waals surface area contributed by atoms with Crippen molar-refractivity contribution in [3.8, 4) is 33.8 Å². The largest absolute Gasteiger partial charge is 0.456 e. The molecule has 0 atom stereocenters. The van der Waals surface area contributed by atoms with Gasteiger partial charge in [-0.2, -0.15) is 0 Å². The first-order chi connectivity index (χ1) is 22.3. The van der Waals surface area contributed by atoms with E-state index in [1.807, 2.05) is 0 Å². The molecule has 2 aliphatic heterocycles. The van der Waals surface area contributed by atoms with Gasteiger partial charge in [0.2, 0.25) is 0 Å². The van der Waals surface area contributed by atoms with Crippen molar-refractivity contribution < 1.29 is 4.74 Å². The van der Waals surface area contributed by atoms with Crippen LogP contribution in [0.1, 0.15) is 22.3 Å². The summed E-state index contributed by atoms with van der Waals surface area (Å²) in [5.41, 5.74) is 9.88. The van der Waals surface area contributed by atoms with Crippen LogP contribution in [0.15, 0.2) is 170 Å². The minimum absolute atomic E-state index is 0.472. The summed E-state index contributed by atoms with van der Waals surface area (Å²) in [7, 11) is -2.68. The van der Waals surface area contributed by atoms with Crippen LogP contribution in [0.3, 0.4) is 0 Å². The number of rotatable bonds is 4. The van der Waals surface area contributed by atoms with Crippen LogP contribution in [0.25, 0.3) is 22.3 Å². The number of ether oxygens (including phenoxy) is 1. The quantitative estimate of drug-likeness (QED) is 0.193. The molecule has 1 nitrogen and oxygen atoms in total. The predicted octanol–water partition coefficient (Wildman–Crippen LogP) is 7.51. The number of hydrogen-bond acceptors (Lipinski definition) is 1. The Hall–Kier alpha value is -5.44. The SMILES string of the molecule is c1ccc(C2(c3ccccc3)c3cccc4c3-c3c2ccc2c3-c3c(cccc3[Si]2(c2ccccc2)c2ccccc2)O4)cc1. The molecular formula is C43H28OSi. The fourth-order valence-corrected chi connectivity index (χ4v) is 14.0.